The Labute approximate surface area is 187 Å². The second-order valence-corrected chi connectivity index (χ2v) is 7.86. The molecule has 2 heterocycles. The summed E-state index contributed by atoms with van der Waals surface area (Å²) in [4.78, 5) is 15.8. The fourth-order valence-electron chi connectivity index (χ4n) is 3.82. The Morgan fingerprint density at radius 1 is 1.25 bits per heavy atom. The minimum Gasteiger partial charge on any atom is -0.489 e. The minimum absolute atomic E-state index is 0.0349. The first-order chi connectivity index (χ1) is 15.5. The van der Waals surface area contributed by atoms with Crippen molar-refractivity contribution >= 4 is 11.8 Å². The van der Waals surface area contributed by atoms with E-state index in [1.165, 1.54) is 7.11 Å². The summed E-state index contributed by atoms with van der Waals surface area (Å²) < 4.78 is 11.0. The van der Waals surface area contributed by atoms with Crippen LogP contribution in [0.2, 0.25) is 0 Å². The number of hydrogen-bond acceptors (Lipinski definition) is 7. The van der Waals surface area contributed by atoms with E-state index in [4.69, 9.17) is 15.2 Å². The zero-order chi connectivity index (χ0) is 22.5. The average molecular weight is 434 g/mol. The Balaban J connectivity index is 1.35. The fraction of sp³-hybridized carbons (Fsp3) is 0.280. The van der Waals surface area contributed by atoms with E-state index >= 15 is 0 Å². The Bertz CT molecular complexity index is 1080. The predicted octanol–water partition coefficient (Wildman–Crippen LogP) is 3.13. The van der Waals surface area contributed by atoms with Gasteiger partial charge in [0.1, 0.15) is 17.7 Å². The highest BCUT2D eigenvalue weighted by Gasteiger charge is 2.21. The van der Waals surface area contributed by atoms with Crippen molar-refractivity contribution in [3.63, 3.8) is 0 Å². The largest absolute Gasteiger partial charge is 0.489 e. The van der Waals surface area contributed by atoms with Gasteiger partial charge in [0.2, 0.25) is 0 Å². The maximum atomic E-state index is 11.8. The molecule has 7 nitrogen and oxygen atoms in total. The lowest BCUT2D eigenvalue weighted by Gasteiger charge is -2.27. The Morgan fingerprint density at radius 3 is 2.88 bits per heavy atom. The number of aromatic nitrogens is 1. The van der Waals surface area contributed by atoms with Crippen molar-refractivity contribution in [3.05, 3.63) is 77.5 Å². The number of ether oxygens (including phenoxy) is 2. The van der Waals surface area contributed by atoms with Crippen LogP contribution in [0.1, 0.15) is 34.0 Å². The van der Waals surface area contributed by atoms with E-state index in [1.54, 1.807) is 24.4 Å². The van der Waals surface area contributed by atoms with Crippen LogP contribution in [0.25, 0.3) is 11.1 Å². The number of aliphatic hydroxyl groups is 1. The molecule has 0 saturated carbocycles. The van der Waals surface area contributed by atoms with Crippen molar-refractivity contribution < 1.29 is 19.4 Å². The molecule has 2 aromatic carbocycles. The van der Waals surface area contributed by atoms with Crippen LogP contribution in [-0.4, -0.2) is 42.4 Å². The number of esters is 1. The Hall–Kier alpha value is -3.42. The molecule has 3 aromatic rings. The van der Waals surface area contributed by atoms with Gasteiger partial charge in [0.15, 0.2) is 0 Å². The molecule has 2 unspecified atom stereocenters. The van der Waals surface area contributed by atoms with Crippen LogP contribution >= 0.6 is 0 Å². The number of aliphatic hydroxyl groups excluding tert-OH is 1. The third kappa shape index (κ3) is 5.07. The summed E-state index contributed by atoms with van der Waals surface area (Å²) in [5.41, 5.74) is 9.99. The smallest absolute Gasteiger partial charge is 0.337 e. The molecule has 1 aliphatic rings. The van der Waals surface area contributed by atoms with Gasteiger partial charge in [-0.25, -0.2) is 9.78 Å². The second kappa shape index (κ2) is 9.80. The molecule has 7 heteroatoms. The molecular formula is C25H27N3O4. The van der Waals surface area contributed by atoms with Gasteiger partial charge in [0.05, 0.1) is 18.8 Å². The van der Waals surface area contributed by atoms with E-state index in [0.29, 0.717) is 24.5 Å². The SMILES string of the molecule is COC(=O)c1cccc(-c2ccc3c(c2)CCC(CNCC(O)c2ccc(N)nc2)O3)c1. The molecule has 0 radical (unpaired) electrons. The number of pyridine rings is 1. The number of fused-ring (bicyclic) bond motifs is 1. The molecule has 0 spiro atoms. The summed E-state index contributed by atoms with van der Waals surface area (Å²) >= 11 is 0. The summed E-state index contributed by atoms with van der Waals surface area (Å²) in [5, 5.41) is 13.6. The second-order valence-electron chi connectivity index (χ2n) is 7.86. The molecule has 4 N–H and O–H groups in total. The number of nitrogens with one attached hydrogen (secondary N) is 1. The van der Waals surface area contributed by atoms with Crippen LogP contribution in [0, 0.1) is 0 Å². The summed E-state index contributed by atoms with van der Waals surface area (Å²) in [6.07, 6.45) is 2.75. The van der Waals surface area contributed by atoms with Gasteiger partial charge < -0.3 is 25.6 Å². The number of anilines is 1. The number of carbonyl (C=O) groups is 1. The molecule has 0 saturated heterocycles. The van der Waals surface area contributed by atoms with Crippen LogP contribution in [0.15, 0.2) is 60.8 Å². The zero-order valence-corrected chi connectivity index (χ0v) is 18.0. The lowest BCUT2D eigenvalue weighted by molar-refractivity contribution is 0.0600. The number of nitrogens with two attached hydrogens (primary N) is 1. The zero-order valence-electron chi connectivity index (χ0n) is 18.0. The number of rotatable bonds is 7. The van der Waals surface area contributed by atoms with E-state index in [0.717, 1.165) is 40.8 Å². The van der Waals surface area contributed by atoms with E-state index in [9.17, 15) is 9.90 Å². The van der Waals surface area contributed by atoms with Gasteiger partial charge in [-0.3, -0.25) is 0 Å². The van der Waals surface area contributed by atoms with Crippen LogP contribution in [0.4, 0.5) is 5.82 Å². The maximum Gasteiger partial charge on any atom is 0.337 e. The molecule has 2 atom stereocenters. The summed E-state index contributed by atoms with van der Waals surface area (Å²) in [5.74, 6) is 0.961. The van der Waals surface area contributed by atoms with E-state index in [1.807, 2.05) is 30.3 Å². The third-order valence-electron chi connectivity index (χ3n) is 5.61. The molecule has 0 amide bonds. The van der Waals surface area contributed by atoms with Crippen molar-refractivity contribution in [2.24, 2.45) is 0 Å². The number of nitrogens with zero attached hydrogens (tertiary/aromatic N) is 1. The molecule has 0 bridgehead atoms. The average Bonchev–Trinajstić information content (AvgIpc) is 2.83. The first-order valence-corrected chi connectivity index (χ1v) is 10.6. The molecule has 1 aliphatic heterocycles. The van der Waals surface area contributed by atoms with Crippen LogP contribution in [0.5, 0.6) is 5.75 Å². The fourth-order valence-corrected chi connectivity index (χ4v) is 3.82. The van der Waals surface area contributed by atoms with Gasteiger partial charge in [-0.15, -0.1) is 0 Å². The van der Waals surface area contributed by atoms with Crippen molar-refractivity contribution in [1.82, 2.24) is 10.3 Å². The predicted molar refractivity (Wildman–Crippen MR) is 122 cm³/mol. The molecule has 4 rings (SSSR count). The quantitative estimate of drug-likeness (QED) is 0.492. The van der Waals surface area contributed by atoms with Gasteiger partial charge in [0, 0.05) is 24.8 Å². The van der Waals surface area contributed by atoms with E-state index in [-0.39, 0.29) is 12.1 Å². The van der Waals surface area contributed by atoms with Gasteiger partial charge in [0.25, 0.3) is 0 Å². The summed E-state index contributed by atoms with van der Waals surface area (Å²) in [6, 6.07) is 17.0. The number of methoxy groups -OCH3 is 1. The van der Waals surface area contributed by atoms with Crippen molar-refractivity contribution in [2.75, 3.05) is 25.9 Å². The standard InChI is InChI=1S/C25H27N3O4/c1-31-25(30)19-4-2-3-16(12-19)17-6-9-23-18(11-17)5-8-21(32-23)14-27-15-22(29)20-7-10-24(26)28-13-20/h2-4,6-7,9-13,21-22,27,29H,5,8,14-15H2,1H3,(H2,26,28). The molecule has 0 fully saturated rings. The Kier molecular flexibility index (Phi) is 6.68. The first kappa shape index (κ1) is 21.8. The first-order valence-electron chi connectivity index (χ1n) is 10.6. The number of aryl methyl sites for hydroxylation is 1. The molecule has 1 aromatic heterocycles. The van der Waals surface area contributed by atoms with Crippen LogP contribution in [-0.2, 0) is 11.2 Å². The number of hydrogen-bond donors (Lipinski definition) is 3. The van der Waals surface area contributed by atoms with E-state index in [2.05, 4.69) is 16.4 Å². The van der Waals surface area contributed by atoms with Gasteiger partial charge in [-0.05, 0) is 59.9 Å². The highest BCUT2D eigenvalue weighted by Crippen LogP contribution is 2.32. The molecule has 0 aliphatic carbocycles. The minimum atomic E-state index is -0.651. The van der Waals surface area contributed by atoms with Gasteiger partial charge >= 0.3 is 5.97 Å². The van der Waals surface area contributed by atoms with Crippen molar-refractivity contribution in [3.8, 4) is 16.9 Å². The lowest BCUT2D eigenvalue weighted by atomic mass is 9.96. The number of nitrogen functional groups attached to an aromatic ring is 1. The number of carbonyl (C=O) groups excluding carboxylic acids is 1. The molecule has 166 valence electrons. The van der Waals surface area contributed by atoms with Crippen LogP contribution < -0.4 is 15.8 Å². The lowest BCUT2D eigenvalue weighted by Crippen LogP contribution is -2.36. The molecule has 32 heavy (non-hydrogen) atoms. The van der Waals surface area contributed by atoms with Crippen molar-refractivity contribution in [1.29, 1.82) is 0 Å². The van der Waals surface area contributed by atoms with Gasteiger partial charge in [-0.1, -0.05) is 24.3 Å². The summed E-state index contributed by atoms with van der Waals surface area (Å²) in [7, 11) is 1.38. The topological polar surface area (TPSA) is 107 Å². The number of benzene rings is 2. The maximum absolute atomic E-state index is 11.8. The normalized spacial score (nSPS) is 16.0. The van der Waals surface area contributed by atoms with Gasteiger partial charge in [-0.2, -0.15) is 0 Å². The highest BCUT2D eigenvalue weighted by atomic mass is 16.5. The van der Waals surface area contributed by atoms with Crippen LogP contribution in [0.3, 0.4) is 0 Å². The van der Waals surface area contributed by atoms with E-state index < -0.39 is 6.10 Å². The summed E-state index contributed by atoms with van der Waals surface area (Å²) in [6.45, 7) is 1.05. The third-order valence-corrected chi connectivity index (χ3v) is 5.61. The highest BCUT2D eigenvalue weighted by molar-refractivity contribution is 5.91. The monoisotopic (exact) mass is 433 g/mol. The molecular weight excluding hydrogens is 406 g/mol. The Morgan fingerprint density at radius 2 is 2.09 bits per heavy atom. The van der Waals surface area contributed by atoms with Crippen molar-refractivity contribution in [2.45, 2.75) is 25.0 Å².